The predicted octanol–water partition coefficient (Wildman–Crippen LogP) is 2.20. The number of aromatic nitrogens is 4. The lowest BCUT2D eigenvalue weighted by atomic mass is 10.1. The molecule has 0 aromatic carbocycles. The van der Waals surface area contributed by atoms with Crippen LogP contribution in [-0.2, 0) is 7.05 Å². The van der Waals surface area contributed by atoms with Gasteiger partial charge in [-0.2, -0.15) is 18.3 Å². The summed E-state index contributed by atoms with van der Waals surface area (Å²) in [7, 11) is 1.77. The molecule has 2 aromatic heterocycles. The number of nitrogens with zero attached hydrogens (tertiary/aromatic N) is 4. The van der Waals surface area contributed by atoms with E-state index < -0.39 is 12.2 Å². The van der Waals surface area contributed by atoms with Crippen molar-refractivity contribution in [3.63, 3.8) is 0 Å². The highest BCUT2D eigenvalue weighted by molar-refractivity contribution is 5.57. The van der Waals surface area contributed by atoms with Gasteiger partial charge in [0, 0.05) is 32.1 Å². The molecule has 0 bridgehead atoms. The summed E-state index contributed by atoms with van der Waals surface area (Å²) in [6.45, 7) is 0.288. The van der Waals surface area contributed by atoms with Crippen LogP contribution in [0.5, 0.6) is 0 Å². The molecule has 2 aromatic rings. The molecule has 1 atom stereocenters. The second kappa shape index (κ2) is 4.01. The average molecular weight is 271 g/mol. The van der Waals surface area contributed by atoms with Gasteiger partial charge in [-0.3, -0.25) is 0 Å². The maximum absolute atomic E-state index is 12.9. The highest BCUT2D eigenvalue weighted by Gasteiger charge is 2.44. The van der Waals surface area contributed by atoms with Crippen LogP contribution in [0.2, 0.25) is 0 Å². The first-order valence-corrected chi connectivity index (χ1v) is 5.84. The van der Waals surface area contributed by atoms with E-state index in [0.717, 1.165) is 4.68 Å². The number of hydrogen-bond donors (Lipinski definition) is 1. The van der Waals surface area contributed by atoms with E-state index in [-0.39, 0.29) is 13.0 Å². The molecule has 1 unspecified atom stereocenters. The first-order valence-electron chi connectivity index (χ1n) is 5.84. The van der Waals surface area contributed by atoms with E-state index in [4.69, 9.17) is 0 Å². The SMILES string of the molecule is Cn1ccnc1-c1cc2n(n1)C(C(F)(F)F)CCN2. The number of rotatable bonds is 1. The van der Waals surface area contributed by atoms with E-state index in [1.807, 2.05) is 0 Å². The van der Waals surface area contributed by atoms with Crippen LogP contribution in [-0.4, -0.2) is 32.1 Å². The van der Waals surface area contributed by atoms with Gasteiger partial charge in [0.25, 0.3) is 0 Å². The predicted molar refractivity (Wildman–Crippen MR) is 62.6 cm³/mol. The van der Waals surface area contributed by atoms with Gasteiger partial charge in [-0.05, 0) is 6.42 Å². The first-order chi connectivity index (χ1) is 8.97. The van der Waals surface area contributed by atoms with Crippen LogP contribution < -0.4 is 5.32 Å². The lowest BCUT2D eigenvalue weighted by molar-refractivity contribution is -0.171. The number of aryl methyl sites for hydroxylation is 1. The standard InChI is InChI=1S/C11H12F3N5/c1-18-5-4-16-10(18)7-6-9-15-3-2-8(11(12,13)14)19(9)17-7/h4-6,8,15H,2-3H2,1H3. The molecule has 1 aliphatic rings. The molecule has 19 heavy (non-hydrogen) atoms. The monoisotopic (exact) mass is 271 g/mol. The molecule has 1 aliphatic heterocycles. The molecule has 0 fully saturated rings. The summed E-state index contributed by atoms with van der Waals surface area (Å²) >= 11 is 0. The number of nitrogens with one attached hydrogen (secondary N) is 1. The molecule has 0 saturated carbocycles. The van der Waals surface area contributed by atoms with Crippen LogP contribution in [0, 0.1) is 0 Å². The quantitative estimate of drug-likeness (QED) is 0.865. The van der Waals surface area contributed by atoms with Crippen molar-refractivity contribution < 1.29 is 13.2 Å². The summed E-state index contributed by atoms with van der Waals surface area (Å²) in [5.74, 6) is 0.927. The zero-order valence-electron chi connectivity index (χ0n) is 10.1. The second-order valence-corrected chi connectivity index (χ2v) is 4.49. The van der Waals surface area contributed by atoms with E-state index in [9.17, 15) is 13.2 Å². The number of fused-ring (bicyclic) bond motifs is 1. The minimum atomic E-state index is -4.29. The molecule has 0 spiro atoms. The third kappa shape index (κ3) is 1.96. The van der Waals surface area contributed by atoms with Gasteiger partial charge >= 0.3 is 6.18 Å². The summed E-state index contributed by atoms with van der Waals surface area (Å²) < 4.78 is 41.6. The first kappa shape index (κ1) is 12.1. The zero-order valence-corrected chi connectivity index (χ0v) is 10.1. The summed E-state index contributed by atoms with van der Waals surface area (Å²) in [5, 5.41) is 6.98. The Morgan fingerprint density at radius 2 is 2.21 bits per heavy atom. The van der Waals surface area contributed by atoms with Crippen molar-refractivity contribution in [1.82, 2.24) is 19.3 Å². The van der Waals surface area contributed by atoms with Crippen molar-refractivity contribution in [3.05, 3.63) is 18.5 Å². The lowest BCUT2D eigenvalue weighted by Gasteiger charge is -2.27. The summed E-state index contributed by atoms with van der Waals surface area (Å²) in [6.07, 6.45) is -0.995. The molecule has 102 valence electrons. The van der Waals surface area contributed by atoms with E-state index in [0.29, 0.717) is 17.3 Å². The molecule has 0 radical (unpaired) electrons. The van der Waals surface area contributed by atoms with Crippen LogP contribution in [0.3, 0.4) is 0 Å². The van der Waals surface area contributed by atoms with Crippen LogP contribution in [0.1, 0.15) is 12.5 Å². The Balaban J connectivity index is 2.05. The fraction of sp³-hybridized carbons (Fsp3) is 0.455. The fourth-order valence-electron chi connectivity index (χ4n) is 2.25. The second-order valence-electron chi connectivity index (χ2n) is 4.49. The van der Waals surface area contributed by atoms with Gasteiger partial charge in [0.2, 0.25) is 0 Å². The topological polar surface area (TPSA) is 47.7 Å². The molecule has 5 nitrogen and oxygen atoms in total. The average Bonchev–Trinajstić information content (AvgIpc) is 2.91. The molecule has 0 saturated heterocycles. The molecular weight excluding hydrogens is 259 g/mol. The van der Waals surface area contributed by atoms with Gasteiger partial charge in [-0.1, -0.05) is 0 Å². The Labute approximate surface area is 107 Å². The lowest BCUT2D eigenvalue weighted by Crippen LogP contribution is -2.33. The van der Waals surface area contributed by atoms with Crippen molar-refractivity contribution >= 4 is 5.82 Å². The largest absolute Gasteiger partial charge is 0.410 e. The summed E-state index contributed by atoms with van der Waals surface area (Å²) in [4.78, 5) is 4.09. The van der Waals surface area contributed by atoms with Crippen LogP contribution in [0.4, 0.5) is 19.0 Å². The summed E-state index contributed by atoms with van der Waals surface area (Å²) in [5.41, 5.74) is 0.436. The van der Waals surface area contributed by atoms with Crippen LogP contribution >= 0.6 is 0 Å². The molecular formula is C11H12F3N5. The van der Waals surface area contributed by atoms with Crippen molar-refractivity contribution in [1.29, 1.82) is 0 Å². The molecule has 3 rings (SSSR count). The molecule has 3 heterocycles. The Hall–Kier alpha value is -1.99. The molecule has 0 aliphatic carbocycles. The van der Waals surface area contributed by atoms with Gasteiger partial charge in [-0.15, -0.1) is 0 Å². The van der Waals surface area contributed by atoms with E-state index in [2.05, 4.69) is 15.4 Å². The highest BCUT2D eigenvalue weighted by atomic mass is 19.4. The molecule has 0 amide bonds. The van der Waals surface area contributed by atoms with Crippen LogP contribution in [0.15, 0.2) is 18.5 Å². The number of alkyl halides is 3. The van der Waals surface area contributed by atoms with Gasteiger partial charge in [0.05, 0.1) is 0 Å². The molecule has 8 heteroatoms. The Bertz CT molecular complexity index is 598. The maximum Gasteiger partial charge on any atom is 0.410 e. The Kier molecular flexibility index (Phi) is 2.54. The minimum absolute atomic E-state index is 0.0157. The van der Waals surface area contributed by atoms with Crippen molar-refractivity contribution in [2.75, 3.05) is 11.9 Å². The Morgan fingerprint density at radius 3 is 2.84 bits per heavy atom. The van der Waals surface area contributed by atoms with Crippen molar-refractivity contribution in [2.24, 2.45) is 7.05 Å². The molecule has 1 N–H and O–H groups in total. The number of anilines is 1. The zero-order chi connectivity index (χ0) is 13.6. The highest BCUT2D eigenvalue weighted by Crippen LogP contribution is 2.38. The van der Waals surface area contributed by atoms with Gasteiger partial charge < -0.3 is 9.88 Å². The third-order valence-corrected chi connectivity index (χ3v) is 3.18. The van der Waals surface area contributed by atoms with E-state index in [1.165, 1.54) is 0 Å². The van der Waals surface area contributed by atoms with Crippen molar-refractivity contribution in [2.45, 2.75) is 18.6 Å². The third-order valence-electron chi connectivity index (χ3n) is 3.18. The van der Waals surface area contributed by atoms with E-state index >= 15 is 0 Å². The van der Waals surface area contributed by atoms with Gasteiger partial charge in [0.15, 0.2) is 11.9 Å². The fourth-order valence-corrected chi connectivity index (χ4v) is 2.25. The number of imidazole rings is 1. The normalized spacial score (nSPS) is 19.1. The van der Waals surface area contributed by atoms with Gasteiger partial charge in [0.1, 0.15) is 11.5 Å². The Morgan fingerprint density at radius 1 is 1.42 bits per heavy atom. The maximum atomic E-state index is 12.9. The van der Waals surface area contributed by atoms with Crippen molar-refractivity contribution in [3.8, 4) is 11.5 Å². The van der Waals surface area contributed by atoms with Crippen LogP contribution in [0.25, 0.3) is 11.5 Å². The number of halogens is 3. The minimum Gasteiger partial charge on any atom is -0.370 e. The summed E-state index contributed by atoms with van der Waals surface area (Å²) in [6, 6.07) is 0.0259. The van der Waals surface area contributed by atoms with E-state index in [1.54, 1.807) is 30.1 Å². The smallest absolute Gasteiger partial charge is 0.370 e. The van der Waals surface area contributed by atoms with Gasteiger partial charge in [-0.25, -0.2) is 9.67 Å². The number of hydrogen-bond acceptors (Lipinski definition) is 3.